The maximum absolute atomic E-state index is 13.2. The van der Waals surface area contributed by atoms with Crippen molar-refractivity contribution >= 4 is 11.6 Å². The SMILES string of the molecule is CCC(C)(C)NC(=O)CNc1ccc(OCCO)cc1C(F)(F)F. The first-order valence-electron chi connectivity index (χ1n) is 7.59. The van der Waals surface area contributed by atoms with Crippen molar-refractivity contribution in [3.05, 3.63) is 23.8 Å². The van der Waals surface area contributed by atoms with E-state index in [4.69, 9.17) is 9.84 Å². The molecule has 0 spiro atoms. The number of carbonyl (C=O) groups is 1. The lowest BCUT2D eigenvalue weighted by Gasteiger charge is -2.25. The second-order valence-electron chi connectivity index (χ2n) is 5.92. The third kappa shape index (κ3) is 6.27. The molecule has 0 saturated heterocycles. The Hall–Kier alpha value is -1.96. The Morgan fingerprint density at radius 3 is 2.50 bits per heavy atom. The third-order valence-electron chi connectivity index (χ3n) is 3.46. The molecule has 1 amide bonds. The zero-order valence-electron chi connectivity index (χ0n) is 14.0. The van der Waals surface area contributed by atoms with Gasteiger partial charge < -0.3 is 20.5 Å². The normalized spacial score (nSPS) is 12.0. The molecule has 1 aromatic rings. The van der Waals surface area contributed by atoms with Gasteiger partial charge in [-0.1, -0.05) is 6.92 Å². The molecule has 0 unspecified atom stereocenters. The zero-order valence-corrected chi connectivity index (χ0v) is 14.0. The van der Waals surface area contributed by atoms with E-state index in [2.05, 4.69) is 10.6 Å². The average Bonchev–Trinajstić information content (AvgIpc) is 2.50. The highest BCUT2D eigenvalue weighted by atomic mass is 19.4. The quantitative estimate of drug-likeness (QED) is 0.676. The molecule has 1 aromatic carbocycles. The van der Waals surface area contributed by atoms with Crippen LogP contribution >= 0.6 is 0 Å². The number of benzene rings is 1. The van der Waals surface area contributed by atoms with Crippen molar-refractivity contribution in [2.24, 2.45) is 0 Å². The Balaban J connectivity index is 2.85. The third-order valence-corrected chi connectivity index (χ3v) is 3.46. The number of aliphatic hydroxyl groups is 1. The van der Waals surface area contributed by atoms with Crippen LogP contribution in [0.4, 0.5) is 18.9 Å². The average molecular weight is 348 g/mol. The number of hydrogen-bond acceptors (Lipinski definition) is 4. The standard InChI is InChI=1S/C16H23F3N2O3/c1-4-15(2,3)21-14(23)10-20-13-6-5-11(24-8-7-22)9-12(13)16(17,18)19/h5-6,9,20,22H,4,7-8,10H2,1-3H3,(H,21,23). The molecule has 24 heavy (non-hydrogen) atoms. The molecule has 0 atom stereocenters. The van der Waals surface area contributed by atoms with Gasteiger partial charge in [-0.3, -0.25) is 4.79 Å². The highest BCUT2D eigenvalue weighted by Gasteiger charge is 2.34. The summed E-state index contributed by atoms with van der Waals surface area (Å²) < 4.78 is 44.5. The first-order chi connectivity index (χ1) is 11.1. The summed E-state index contributed by atoms with van der Waals surface area (Å²) in [5.74, 6) is -0.394. The molecule has 3 N–H and O–H groups in total. The minimum Gasteiger partial charge on any atom is -0.491 e. The molecule has 136 valence electrons. The Morgan fingerprint density at radius 1 is 1.29 bits per heavy atom. The Labute approximate surface area is 139 Å². The van der Waals surface area contributed by atoms with E-state index in [1.165, 1.54) is 12.1 Å². The summed E-state index contributed by atoms with van der Waals surface area (Å²) in [5.41, 5.74) is -1.56. The minimum absolute atomic E-state index is 0.00140. The van der Waals surface area contributed by atoms with Gasteiger partial charge in [-0.05, 0) is 38.5 Å². The first kappa shape index (κ1) is 20.1. The van der Waals surface area contributed by atoms with E-state index < -0.39 is 23.2 Å². The Bertz CT molecular complexity index is 560. The number of nitrogens with one attached hydrogen (secondary N) is 2. The molecule has 0 radical (unpaired) electrons. The number of aliphatic hydroxyl groups excluding tert-OH is 1. The van der Waals surface area contributed by atoms with Crippen LogP contribution in [0.2, 0.25) is 0 Å². The molecule has 0 saturated carbocycles. The number of anilines is 1. The van der Waals surface area contributed by atoms with Crippen molar-refractivity contribution in [1.29, 1.82) is 0 Å². The van der Waals surface area contributed by atoms with Crippen LogP contribution in [-0.2, 0) is 11.0 Å². The molecule has 0 heterocycles. The predicted molar refractivity (Wildman–Crippen MR) is 85.0 cm³/mol. The number of ether oxygens (including phenoxy) is 1. The Morgan fingerprint density at radius 2 is 1.96 bits per heavy atom. The van der Waals surface area contributed by atoms with Crippen molar-refractivity contribution < 1.29 is 27.8 Å². The van der Waals surface area contributed by atoms with Gasteiger partial charge >= 0.3 is 6.18 Å². The Kier molecular flexibility index (Phi) is 6.89. The largest absolute Gasteiger partial charge is 0.491 e. The molecular weight excluding hydrogens is 325 g/mol. The molecule has 1 rings (SSSR count). The number of carbonyl (C=O) groups excluding carboxylic acids is 1. The van der Waals surface area contributed by atoms with Gasteiger partial charge in [0.1, 0.15) is 12.4 Å². The fourth-order valence-corrected chi connectivity index (χ4v) is 1.85. The second-order valence-corrected chi connectivity index (χ2v) is 5.92. The minimum atomic E-state index is -4.60. The summed E-state index contributed by atoms with van der Waals surface area (Å²) in [4.78, 5) is 11.9. The fraction of sp³-hybridized carbons (Fsp3) is 0.562. The van der Waals surface area contributed by atoms with E-state index in [-0.39, 0.29) is 31.2 Å². The van der Waals surface area contributed by atoms with Crippen LogP contribution < -0.4 is 15.4 Å². The van der Waals surface area contributed by atoms with E-state index >= 15 is 0 Å². The molecule has 8 heteroatoms. The van der Waals surface area contributed by atoms with Crippen molar-refractivity contribution in [2.45, 2.75) is 38.9 Å². The summed E-state index contributed by atoms with van der Waals surface area (Å²) in [6.45, 7) is 4.90. The van der Waals surface area contributed by atoms with Gasteiger partial charge in [-0.25, -0.2) is 0 Å². The van der Waals surface area contributed by atoms with E-state index in [1.54, 1.807) is 0 Å². The molecule has 0 aliphatic carbocycles. The summed E-state index contributed by atoms with van der Waals surface area (Å²) in [5, 5.41) is 13.9. The summed E-state index contributed by atoms with van der Waals surface area (Å²) in [6, 6.07) is 3.39. The van der Waals surface area contributed by atoms with Gasteiger partial charge in [0.05, 0.1) is 18.7 Å². The number of hydrogen-bond donors (Lipinski definition) is 3. The van der Waals surface area contributed by atoms with Crippen LogP contribution in [-0.4, -0.2) is 36.3 Å². The number of rotatable bonds is 8. The summed E-state index contributed by atoms with van der Waals surface area (Å²) >= 11 is 0. The predicted octanol–water partition coefficient (Wildman–Crippen LogP) is 2.79. The van der Waals surface area contributed by atoms with Crippen LogP contribution in [0.5, 0.6) is 5.75 Å². The van der Waals surface area contributed by atoms with Crippen LogP contribution in [0.1, 0.15) is 32.8 Å². The number of alkyl halides is 3. The first-order valence-corrected chi connectivity index (χ1v) is 7.59. The van der Waals surface area contributed by atoms with Crippen molar-refractivity contribution in [3.8, 4) is 5.75 Å². The topological polar surface area (TPSA) is 70.6 Å². The highest BCUT2D eigenvalue weighted by Crippen LogP contribution is 2.37. The monoisotopic (exact) mass is 348 g/mol. The van der Waals surface area contributed by atoms with Crippen molar-refractivity contribution in [1.82, 2.24) is 5.32 Å². The number of halogens is 3. The van der Waals surface area contributed by atoms with Gasteiger partial charge in [0.15, 0.2) is 0 Å². The van der Waals surface area contributed by atoms with E-state index in [0.717, 1.165) is 6.07 Å². The molecule has 0 aromatic heterocycles. The zero-order chi connectivity index (χ0) is 18.4. The van der Waals surface area contributed by atoms with Crippen molar-refractivity contribution in [2.75, 3.05) is 25.1 Å². The molecular formula is C16H23F3N2O3. The maximum atomic E-state index is 13.2. The maximum Gasteiger partial charge on any atom is 0.418 e. The van der Waals surface area contributed by atoms with Crippen LogP contribution in [0.15, 0.2) is 18.2 Å². The van der Waals surface area contributed by atoms with Gasteiger partial charge in [-0.2, -0.15) is 13.2 Å². The lowest BCUT2D eigenvalue weighted by Crippen LogP contribution is -2.45. The molecule has 5 nitrogen and oxygen atoms in total. The molecule has 0 bridgehead atoms. The van der Waals surface area contributed by atoms with Gasteiger partial charge in [-0.15, -0.1) is 0 Å². The molecule has 0 aliphatic rings. The van der Waals surface area contributed by atoms with E-state index in [9.17, 15) is 18.0 Å². The summed E-state index contributed by atoms with van der Waals surface area (Å²) in [7, 11) is 0. The van der Waals surface area contributed by atoms with Crippen molar-refractivity contribution in [3.63, 3.8) is 0 Å². The molecule has 0 fully saturated rings. The van der Waals surface area contributed by atoms with Gasteiger partial charge in [0.25, 0.3) is 0 Å². The highest BCUT2D eigenvalue weighted by molar-refractivity contribution is 5.81. The lowest BCUT2D eigenvalue weighted by atomic mass is 10.0. The van der Waals surface area contributed by atoms with Crippen LogP contribution in [0.25, 0.3) is 0 Å². The number of amides is 1. The van der Waals surface area contributed by atoms with E-state index in [1.807, 2.05) is 20.8 Å². The fourth-order valence-electron chi connectivity index (χ4n) is 1.85. The van der Waals surface area contributed by atoms with Crippen LogP contribution in [0.3, 0.4) is 0 Å². The van der Waals surface area contributed by atoms with E-state index in [0.29, 0.717) is 6.42 Å². The summed E-state index contributed by atoms with van der Waals surface area (Å²) in [6.07, 6.45) is -3.90. The van der Waals surface area contributed by atoms with Crippen LogP contribution in [0, 0.1) is 0 Å². The molecule has 0 aliphatic heterocycles. The van der Waals surface area contributed by atoms with Gasteiger partial charge in [0, 0.05) is 11.2 Å². The lowest BCUT2D eigenvalue weighted by molar-refractivity contribution is -0.137. The second kappa shape index (κ2) is 8.23. The van der Waals surface area contributed by atoms with Gasteiger partial charge in [0.2, 0.25) is 5.91 Å². The smallest absolute Gasteiger partial charge is 0.418 e.